The predicted molar refractivity (Wildman–Crippen MR) is 60.3 cm³/mol. The number of carbonyl (C=O) groups is 1. The highest BCUT2D eigenvalue weighted by atomic mass is 16.4. The number of H-pyrrole nitrogens is 1. The van der Waals surface area contributed by atoms with Crippen molar-refractivity contribution in [1.82, 2.24) is 20.5 Å². The van der Waals surface area contributed by atoms with Crippen LogP contribution in [0.1, 0.15) is 19.2 Å². The maximum atomic E-state index is 11.5. The molecule has 5 N–H and O–H groups in total. The Hall–Kier alpha value is -2.12. The van der Waals surface area contributed by atoms with Crippen LogP contribution in [0.5, 0.6) is 0 Å². The summed E-state index contributed by atoms with van der Waals surface area (Å²) in [6.07, 6.45) is 2.89. The van der Waals surface area contributed by atoms with Crippen LogP contribution in [0, 0.1) is 5.92 Å². The molecule has 94 valence electrons. The van der Waals surface area contributed by atoms with Crippen molar-refractivity contribution in [1.29, 1.82) is 0 Å². The monoisotopic (exact) mass is 240 g/mol. The van der Waals surface area contributed by atoms with Gasteiger partial charge in [0.05, 0.1) is 5.92 Å². The molecule has 1 atom stereocenters. The topological polar surface area (TPSA) is 129 Å². The van der Waals surface area contributed by atoms with E-state index in [-0.39, 0.29) is 11.7 Å². The first-order valence-electron chi connectivity index (χ1n) is 5.24. The Bertz CT molecular complexity index is 375. The summed E-state index contributed by atoms with van der Waals surface area (Å²) in [5.74, 6) is -0.218. The lowest BCUT2D eigenvalue weighted by Crippen LogP contribution is -2.37. The van der Waals surface area contributed by atoms with Crippen molar-refractivity contribution < 1.29 is 10.0 Å². The van der Waals surface area contributed by atoms with Crippen molar-refractivity contribution in [2.24, 2.45) is 16.8 Å². The molecule has 17 heavy (non-hydrogen) atoms. The minimum atomic E-state index is -0.634. The van der Waals surface area contributed by atoms with Crippen LogP contribution in [0.3, 0.4) is 0 Å². The lowest BCUT2D eigenvalue weighted by Gasteiger charge is -2.09. The third-order valence-corrected chi connectivity index (χ3v) is 2.31. The molecular formula is C9H16N6O2. The van der Waals surface area contributed by atoms with Crippen LogP contribution in [-0.2, 0) is 11.2 Å². The number of hydrogen-bond acceptors (Lipinski definition) is 5. The van der Waals surface area contributed by atoms with Crippen molar-refractivity contribution in [3.8, 4) is 0 Å². The number of nitrogens with two attached hydrogens (primary N) is 1. The summed E-state index contributed by atoms with van der Waals surface area (Å²) in [6.45, 7) is 2.07. The van der Waals surface area contributed by atoms with Gasteiger partial charge in [-0.1, -0.05) is 5.16 Å². The van der Waals surface area contributed by atoms with Crippen molar-refractivity contribution in [2.75, 3.05) is 6.54 Å². The number of nitrogens with one attached hydrogen (secondary N) is 2. The van der Waals surface area contributed by atoms with Gasteiger partial charge in [0, 0.05) is 13.0 Å². The van der Waals surface area contributed by atoms with E-state index in [0.717, 1.165) is 12.2 Å². The lowest BCUT2D eigenvalue weighted by atomic mass is 10.1. The zero-order chi connectivity index (χ0) is 12.7. The van der Waals surface area contributed by atoms with Gasteiger partial charge in [0.1, 0.15) is 12.2 Å². The number of hydrogen-bond donors (Lipinski definition) is 4. The molecule has 1 rings (SSSR count). The number of oxime groups is 1. The van der Waals surface area contributed by atoms with Gasteiger partial charge in [-0.05, 0) is 13.3 Å². The molecular weight excluding hydrogens is 224 g/mol. The minimum Gasteiger partial charge on any atom is -0.409 e. The van der Waals surface area contributed by atoms with Crippen LogP contribution < -0.4 is 11.1 Å². The summed E-state index contributed by atoms with van der Waals surface area (Å²) in [5.41, 5.74) is 5.31. The van der Waals surface area contributed by atoms with Crippen LogP contribution in [0.15, 0.2) is 11.5 Å². The van der Waals surface area contributed by atoms with Gasteiger partial charge in [-0.15, -0.1) is 0 Å². The van der Waals surface area contributed by atoms with E-state index in [9.17, 15) is 4.79 Å². The summed E-state index contributed by atoms with van der Waals surface area (Å²) < 4.78 is 0. The summed E-state index contributed by atoms with van der Waals surface area (Å²) in [6, 6.07) is 0. The van der Waals surface area contributed by atoms with E-state index in [1.807, 2.05) is 0 Å². The van der Waals surface area contributed by atoms with Gasteiger partial charge < -0.3 is 16.3 Å². The minimum absolute atomic E-state index is 0.0993. The molecule has 0 saturated heterocycles. The number of amides is 1. The molecule has 0 radical (unpaired) electrons. The summed E-state index contributed by atoms with van der Waals surface area (Å²) in [7, 11) is 0. The van der Waals surface area contributed by atoms with Crippen LogP contribution in [-0.4, -0.2) is 38.7 Å². The zero-order valence-corrected chi connectivity index (χ0v) is 9.55. The maximum Gasteiger partial charge on any atom is 0.230 e. The van der Waals surface area contributed by atoms with Crippen molar-refractivity contribution in [3.63, 3.8) is 0 Å². The zero-order valence-electron chi connectivity index (χ0n) is 9.55. The molecule has 0 spiro atoms. The lowest BCUT2D eigenvalue weighted by molar-refractivity contribution is -0.122. The normalized spacial score (nSPS) is 13.4. The molecule has 0 bridgehead atoms. The molecule has 0 aliphatic rings. The smallest absolute Gasteiger partial charge is 0.230 e. The van der Waals surface area contributed by atoms with Crippen molar-refractivity contribution >= 4 is 11.7 Å². The molecule has 8 heteroatoms. The molecule has 0 aliphatic heterocycles. The molecule has 1 aromatic heterocycles. The summed E-state index contributed by atoms with van der Waals surface area (Å²) >= 11 is 0. The van der Waals surface area contributed by atoms with E-state index < -0.39 is 5.92 Å². The van der Waals surface area contributed by atoms with Gasteiger partial charge >= 0.3 is 0 Å². The summed E-state index contributed by atoms with van der Waals surface area (Å²) in [4.78, 5) is 15.4. The molecule has 8 nitrogen and oxygen atoms in total. The molecule has 0 saturated carbocycles. The number of carbonyl (C=O) groups excluding carboxylic acids is 1. The van der Waals surface area contributed by atoms with Gasteiger partial charge in [-0.25, -0.2) is 4.98 Å². The Morgan fingerprint density at radius 2 is 2.53 bits per heavy atom. The second-order valence-corrected chi connectivity index (χ2v) is 3.57. The van der Waals surface area contributed by atoms with Crippen molar-refractivity contribution in [3.05, 3.63) is 12.2 Å². The highest BCUT2D eigenvalue weighted by molar-refractivity contribution is 6.01. The molecule has 0 aromatic carbocycles. The second-order valence-electron chi connectivity index (χ2n) is 3.57. The van der Waals surface area contributed by atoms with E-state index in [2.05, 4.69) is 25.7 Å². The Balaban J connectivity index is 2.20. The van der Waals surface area contributed by atoms with Gasteiger partial charge in [0.2, 0.25) is 5.91 Å². The SMILES string of the molecule is CC(C(=O)NCCCc1ncn[nH]1)C(N)=NO. The van der Waals surface area contributed by atoms with Crippen LogP contribution in [0.4, 0.5) is 0 Å². The van der Waals surface area contributed by atoms with Crippen LogP contribution in [0.25, 0.3) is 0 Å². The van der Waals surface area contributed by atoms with Crippen LogP contribution >= 0.6 is 0 Å². The highest BCUT2D eigenvalue weighted by Crippen LogP contribution is 1.96. The Morgan fingerprint density at radius 3 is 3.12 bits per heavy atom. The van der Waals surface area contributed by atoms with E-state index in [4.69, 9.17) is 10.9 Å². The summed E-state index contributed by atoms with van der Waals surface area (Å²) in [5, 5.41) is 20.3. The van der Waals surface area contributed by atoms with E-state index in [1.54, 1.807) is 6.92 Å². The number of amidine groups is 1. The quantitative estimate of drug-likeness (QED) is 0.171. The average Bonchev–Trinajstić information content (AvgIpc) is 2.85. The maximum absolute atomic E-state index is 11.5. The Labute approximate surface area is 98.3 Å². The number of nitrogens with zero attached hydrogens (tertiary/aromatic N) is 3. The first-order valence-corrected chi connectivity index (χ1v) is 5.24. The Morgan fingerprint density at radius 1 is 1.76 bits per heavy atom. The van der Waals surface area contributed by atoms with E-state index in [1.165, 1.54) is 6.33 Å². The molecule has 1 amide bonds. The number of aromatic nitrogens is 3. The first-order chi connectivity index (χ1) is 8.15. The fourth-order valence-electron chi connectivity index (χ4n) is 1.19. The highest BCUT2D eigenvalue weighted by Gasteiger charge is 2.16. The molecule has 0 aliphatic carbocycles. The third kappa shape index (κ3) is 4.09. The second kappa shape index (κ2) is 6.46. The van der Waals surface area contributed by atoms with Crippen molar-refractivity contribution in [2.45, 2.75) is 19.8 Å². The molecule has 1 unspecified atom stereocenters. The van der Waals surface area contributed by atoms with Gasteiger partial charge in [0.15, 0.2) is 5.84 Å². The fraction of sp³-hybridized carbons (Fsp3) is 0.556. The standard InChI is InChI=1S/C9H16N6O2/c1-6(8(10)15-17)9(16)11-4-2-3-7-12-5-13-14-7/h5-6,17H,2-4H2,1H3,(H2,10,15)(H,11,16)(H,12,13,14). The van der Waals surface area contributed by atoms with Gasteiger partial charge in [0.25, 0.3) is 0 Å². The molecule has 0 fully saturated rings. The third-order valence-electron chi connectivity index (χ3n) is 2.31. The van der Waals surface area contributed by atoms with Crippen LogP contribution in [0.2, 0.25) is 0 Å². The number of aromatic amines is 1. The first kappa shape index (κ1) is 12.9. The Kier molecular flexibility index (Phi) is 4.92. The fourth-order valence-corrected chi connectivity index (χ4v) is 1.19. The largest absolute Gasteiger partial charge is 0.409 e. The molecule has 1 heterocycles. The van der Waals surface area contributed by atoms with Gasteiger partial charge in [-0.3, -0.25) is 9.89 Å². The average molecular weight is 240 g/mol. The van der Waals surface area contributed by atoms with E-state index in [0.29, 0.717) is 13.0 Å². The van der Waals surface area contributed by atoms with E-state index >= 15 is 0 Å². The number of aryl methyl sites for hydroxylation is 1. The predicted octanol–water partition coefficient (Wildman–Crippen LogP) is -0.764. The molecule has 1 aromatic rings. The number of rotatable bonds is 6. The van der Waals surface area contributed by atoms with Gasteiger partial charge in [-0.2, -0.15) is 5.10 Å².